The molecule has 2 heterocycles. The zero-order chi connectivity index (χ0) is 15.0. The van der Waals surface area contributed by atoms with Crippen molar-refractivity contribution in [1.29, 1.82) is 0 Å². The van der Waals surface area contributed by atoms with E-state index in [0.717, 1.165) is 4.70 Å². The Kier molecular flexibility index (Phi) is 3.50. The number of carbonyl (C=O) groups excluding carboxylic acids is 2. The Hall–Kier alpha value is -2.15. The van der Waals surface area contributed by atoms with Gasteiger partial charge in [0.1, 0.15) is 10.7 Å². The van der Waals surface area contributed by atoms with Gasteiger partial charge in [-0.15, -0.1) is 11.3 Å². The van der Waals surface area contributed by atoms with E-state index in [1.54, 1.807) is 6.07 Å². The Morgan fingerprint density at radius 2 is 2.29 bits per heavy atom. The Balaban J connectivity index is 1.81. The van der Waals surface area contributed by atoms with Crippen LogP contribution in [-0.4, -0.2) is 24.4 Å². The molecule has 1 unspecified atom stereocenters. The van der Waals surface area contributed by atoms with Crippen molar-refractivity contribution in [3.05, 3.63) is 28.9 Å². The van der Waals surface area contributed by atoms with Crippen LogP contribution < -0.4 is 16.4 Å². The van der Waals surface area contributed by atoms with Gasteiger partial charge in [0.15, 0.2) is 0 Å². The fourth-order valence-electron chi connectivity index (χ4n) is 2.36. The first-order chi connectivity index (χ1) is 10.0. The molecule has 1 aromatic heterocycles. The van der Waals surface area contributed by atoms with Crippen LogP contribution >= 0.6 is 11.3 Å². The molecule has 1 saturated heterocycles. The highest BCUT2D eigenvalue weighted by Crippen LogP contribution is 2.34. The Morgan fingerprint density at radius 1 is 1.48 bits per heavy atom. The number of nitrogens with two attached hydrogens (primary N) is 1. The smallest absolute Gasteiger partial charge is 0.263 e. The molecule has 2 aromatic rings. The van der Waals surface area contributed by atoms with E-state index in [0.29, 0.717) is 35.3 Å². The molecule has 0 spiro atoms. The molecule has 7 heteroatoms. The van der Waals surface area contributed by atoms with Crippen LogP contribution in [0.4, 0.5) is 10.1 Å². The maximum atomic E-state index is 13.2. The van der Waals surface area contributed by atoms with Crippen LogP contribution in [-0.2, 0) is 4.79 Å². The van der Waals surface area contributed by atoms with Gasteiger partial charge in [0.05, 0.1) is 5.69 Å². The third kappa shape index (κ3) is 2.69. The fourth-order valence-corrected chi connectivity index (χ4v) is 3.37. The number of nitrogens with one attached hydrogen (secondary N) is 2. The molecule has 1 aliphatic rings. The molecule has 1 atom stereocenters. The highest BCUT2D eigenvalue weighted by atomic mass is 32.1. The van der Waals surface area contributed by atoms with Crippen LogP contribution in [0.15, 0.2) is 18.2 Å². The third-order valence-electron chi connectivity index (χ3n) is 3.50. The minimum absolute atomic E-state index is 0.00245. The first kappa shape index (κ1) is 13.8. The molecule has 0 aliphatic carbocycles. The first-order valence-corrected chi connectivity index (χ1v) is 7.41. The molecule has 4 N–H and O–H groups in total. The van der Waals surface area contributed by atoms with E-state index in [9.17, 15) is 14.0 Å². The SMILES string of the molecule is Nc1c(C(=O)NC2CCC(=O)NC2)sc2ccc(F)cc12. The normalized spacial score (nSPS) is 18.5. The molecule has 0 bridgehead atoms. The van der Waals surface area contributed by atoms with Crippen LogP contribution in [0.5, 0.6) is 0 Å². The molecule has 5 nitrogen and oxygen atoms in total. The van der Waals surface area contributed by atoms with Gasteiger partial charge in [0.2, 0.25) is 5.91 Å². The van der Waals surface area contributed by atoms with E-state index in [1.807, 2.05) is 0 Å². The molecule has 0 radical (unpaired) electrons. The lowest BCUT2D eigenvalue weighted by atomic mass is 10.1. The van der Waals surface area contributed by atoms with Crippen LogP contribution in [0.25, 0.3) is 10.1 Å². The number of fused-ring (bicyclic) bond motifs is 1. The molecular formula is C14H14FN3O2S. The lowest BCUT2D eigenvalue weighted by Crippen LogP contribution is -2.47. The number of rotatable bonds is 2. The highest BCUT2D eigenvalue weighted by Gasteiger charge is 2.23. The highest BCUT2D eigenvalue weighted by molar-refractivity contribution is 7.21. The lowest BCUT2D eigenvalue weighted by molar-refractivity contribution is -0.122. The number of piperidine rings is 1. The number of benzene rings is 1. The number of hydrogen-bond donors (Lipinski definition) is 3. The summed E-state index contributed by atoms with van der Waals surface area (Å²) in [5.74, 6) is -0.665. The van der Waals surface area contributed by atoms with E-state index < -0.39 is 0 Å². The standard InChI is InChI=1S/C14H14FN3O2S/c15-7-1-3-10-9(5-7)12(16)13(21-10)14(20)18-8-2-4-11(19)17-6-8/h1,3,5,8H,2,4,6,16H2,(H,17,19)(H,18,20). The minimum Gasteiger partial charge on any atom is -0.397 e. The van der Waals surface area contributed by atoms with Crippen molar-refractivity contribution < 1.29 is 14.0 Å². The van der Waals surface area contributed by atoms with Gasteiger partial charge in [0.25, 0.3) is 5.91 Å². The van der Waals surface area contributed by atoms with E-state index in [2.05, 4.69) is 10.6 Å². The van der Waals surface area contributed by atoms with E-state index in [1.165, 1.54) is 23.5 Å². The molecular weight excluding hydrogens is 293 g/mol. The Labute approximate surface area is 124 Å². The van der Waals surface area contributed by atoms with E-state index in [-0.39, 0.29) is 23.7 Å². The second-order valence-corrected chi connectivity index (χ2v) is 6.05. The predicted molar refractivity (Wildman–Crippen MR) is 79.7 cm³/mol. The van der Waals surface area contributed by atoms with E-state index >= 15 is 0 Å². The summed E-state index contributed by atoms with van der Waals surface area (Å²) in [5, 5.41) is 6.12. The summed E-state index contributed by atoms with van der Waals surface area (Å²) in [6.45, 7) is 0.421. The summed E-state index contributed by atoms with van der Waals surface area (Å²) in [5.41, 5.74) is 6.25. The van der Waals surface area contributed by atoms with Crippen molar-refractivity contribution in [2.45, 2.75) is 18.9 Å². The molecule has 110 valence electrons. The van der Waals surface area contributed by atoms with Crippen LogP contribution in [0, 0.1) is 5.82 Å². The van der Waals surface area contributed by atoms with Crippen molar-refractivity contribution in [2.24, 2.45) is 0 Å². The Bertz CT molecular complexity index is 718. The first-order valence-electron chi connectivity index (χ1n) is 6.59. The van der Waals surface area contributed by atoms with Gasteiger partial charge in [-0.1, -0.05) is 0 Å². The molecule has 1 aliphatic heterocycles. The molecule has 1 aromatic carbocycles. The molecule has 0 saturated carbocycles. The molecule has 1 fully saturated rings. The number of anilines is 1. The number of halogens is 1. The van der Waals surface area contributed by atoms with Crippen molar-refractivity contribution in [3.63, 3.8) is 0 Å². The second-order valence-electron chi connectivity index (χ2n) is 5.00. The van der Waals surface area contributed by atoms with Gasteiger partial charge in [-0.3, -0.25) is 9.59 Å². The maximum Gasteiger partial charge on any atom is 0.263 e. The van der Waals surface area contributed by atoms with Crippen LogP contribution in [0.1, 0.15) is 22.5 Å². The molecule has 2 amide bonds. The summed E-state index contributed by atoms with van der Waals surface area (Å²) in [6.07, 6.45) is 1.01. The minimum atomic E-state index is -0.381. The monoisotopic (exact) mass is 307 g/mol. The van der Waals surface area contributed by atoms with Crippen molar-refractivity contribution >= 4 is 38.9 Å². The van der Waals surface area contributed by atoms with Gasteiger partial charge in [0, 0.05) is 29.1 Å². The number of carbonyl (C=O) groups is 2. The van der Waals surface area contributed by atoms with Crippen LogP contribution in [0.3, 0.4) is 0 Å². The number of thiophene rings is 1. The quantitative estimate of drug-likeness (QED) is 0.788. The number of nitrogen functional groups attached to an aromatic ring is 1. The molecule has 3 rings (SSSR count). The number of hydrogen-bond acceptors (Lipinski definition) is 4. The average molecular weight is 307 g/mol. The summed E-state index contributed by atoms with van der Waals surface area (Å²) in [4.78, 5) is 23.8. The van der Waals surface area contributed by atoms with Gasteiger partial charge in [-0.25, -0.2) is 4.39 Å². The van der Waals surface area contributed by atoms with Gasteiger partial charge >= 0.3 is 0 Å². The number of amides is 2. The van der Waals surface area contributed by atoms with E-state index in [4.69, 9.17) is 5.73 Å². The topological polar surface area (TPSA) is 84.2 Å². The second kappa shape index (κ2) is 5.33. The van der Waals surface area contributed by atoms with Gasteiger partial charge in [-0.2, -0.15) is 0 Å². The maximum absolute atomic E-state index is 13.2. The summed E-state index contributed by atoms with van der Waals surface area (Å²) in [6, 6.07) is 4.19. The lowest BCUT2D eigenvalue weighted by Gasteiger charge is -2.23. The zero-order valence-corrected chi connectivity index (χ0v) is 11.9. The fraction of sp³-hybridized carbons (Fsp3) is 0.286. The average Bonchev–Trinajstić information content (AvgIpc) is 2.79. The summed E-state index contributed by atoms with van der Waals surface area (Å²) >= 11 is 1.24. The largest absolute Gasteiger partial charge is 0.397 e. The predicted octanol–water partition coefficient (Wildman–Crippen LogP) is 1.63. The van der Waals surface area contributed by atoms with Gasteiger partial charge < -0.3 is 16.4 Å². The van der Waals surface area contributed by atoms with Crippen LogP contribution in [0.2, 0.25) is 0 Å². The van der Waals surface area contributed by atoms with Gasteiger partial charge in [-0.05, 0) is 24.6 Å². The zero-order valence-electron chi connectivity index (χ0n) is 11.1. The van der Waals surface area contributed by atoms with Crippen molar-refractivity contribution in [3.8, 4) is 0 Å². The Morgan fingerprint density at radius 3 is 3.00 bits per heavy atom. The van der Waals surface area contributed by atoms with Crippen molar-refractivity contribution in [1.82, 2.24) is 10.6 Å². The third-order valence-corrected chi connectivity index (χ3v) is 4.68. The summed E-state index contributed by atoms with van der Waals surface area (Å²) < 4.78 is 14.0. The summed E-state index contributed by atoms with van der Waals surface area (Å²) in [7, 11) is 0. The molecule has 21 heavy (non-hydrogen) atoms. The van der Waals surface area contributed by atoms with Crippen molar-refractivity contribution in [2.75, 3.05) is 12.3 Å².